The number of nitrogens with one attached hydrogen (secondary N) is 1. The van der Waals surface area contributed by atoms with E-state index in [1.807, 2.05) is 4.68 Å². The molecular formula is C13H25N5. The van der Waals surface area contributed by atoms with E-state index in [0.29, 0.717) is 12.1 Å². The standard InChI is InChI=1S/C13H25N5/c1-4-12-8-17(7-5-6-14-12)9-13-15-10-16-18(13)11(2)3/h10-12,14H,4-9H2,1-3H3. The molecule has 1 fully saturated rings. The highest BCUT2D eigenvalue weighted by molar-refractivity contribution is 4.88. The molecule has 1 aromatic rings. The lowest BCUT2D eigenvalue weighted by atomic mass is 10.2. The Kier molecular flexibility index (Phi) is 4.72. The molecular weight excluding hydrogens is 226 g/mol. The SMILES string of the molecule is CCC1CN(Cc2ncnn2C(C)C)CCCN1. The van der Waals surface area contributed by atoms with Gasteiger partial charge in [-0.2, -0.15) is 5.10 Å². The smallest absolute Gasteiger partial charge is 0.141 e. The normalized spacial score (nSPS) is 22.3. The first-order chi connectivity index (χ1) is 8.70. The lowest BCUT2D eigenvalue weighted by molar-refractivity contribution is 0.244. The van der Waals surface area contributed by atoms with Crippen LogP contribution < -0.4 is 5.32 Å². The van der Waals surface area contributed by atoms with Crippen LogP contribution in [-0.4, -0.2) is 45.3 Å². The van der Waals surface area contributed by atoms with Crippen LogP contribution in [0.25, 0.3) is 0 Å². The minimum Gasteiger partial charge on any atom is -0.313 e. The molecule has 1 aliphatic heterocycles. The number of hydrogen-bond donors (Lipinski definition) is 1. The van der Waals surface area contributed by atoms with E-state index in [0.717, 1.165) is 32.0 Å². The molecule has 102 valence electrons. The van der Waals surface area contributed by atoms with Gasteiger partial charge in [-0.3, -0.25) is 4.90 Å². The lowest BCUT2D eigenvalue weighted by Crippen LogP contribution is -2.37. The summed E-state index contributed by atoms with van der Waals surface area (Å²) in [7, 11) is 0. The van der Waals surface area contributed by atoms with Crippen LogP contribution in [-0.2, 0) is 6.54 Å². The van der Waals surface area contributed by atoms with Gasteiger partial charge < -0.3 is 5.32 Å². The average molecular weight is 251 g/mol. The first-order valence-corrected chi connectivity index (χ1v) is 7.04. The third kappa shape index (κ3) is 3.29. The van der Waals surface area contributed by atoms with Crippen molar-refractivity contribution in [3.05, 3.63) is 12.2 Å². The van der Waals surface area contributed by atoms with Crippen molar-refractivity contribution in [2.75, 3.05) is 19.6 Å². The third-order valence-electron chi connectivity index (χ3n) is 3.56. The third-order valence-corrected chi connectivity index (χ3v) is 3.56. The van der Waals surface area contributed by atoms with Crippen molar-refractivity contribution in [3.8, 4) is 0 Å². The Bertz CT molecular complexity index is 360. The van der Waals surface area contributed by atoms with E-state index < -0.39 is 0 Å². The van der Waals surface area contributed by atoms with Gasteiger partial charge >= 0.3 is 0 Å². The van der Waals surface area contributed by atoms with Crippen molar-refractivity contribution in [2.45, 2.75) is 52.2 Å². The van der Waals surface area contributed by atoms with E-state index in [-0.39, 0.29) is 0 Å². The summed E-state index contributed by atoms with van der Waals surface area (Å²) in [4.78, 5) is 6.90. The molecule has 0 bridgehead atoms. The van der Waals surface area contributed by atoms with Crippen LogP contribution in [0.15, 0.2) is 6.33 Å². The summed E-state index contributed by atoms with van der Waals surface area (Å²) in [6, 6.07) is 0.998. The highest BCUT2D eigenvalue weighted by Gasteiger charge is 2.18. The molecule has 1 N–H and O–H groups in total. The molecule has 2 heterocycles. The van der Waals surface area contributed by atoms with Gasteiger partial charge in [0.1, 0.15) is 12.2 Å². The second kappa shape index (κ2) is 6.29. The van der Waals surface area contributed by atoms with E-state index in [9.17, 15) is 0 Å². The van der Waals surface area contributed by atoms with Gasteiger partial charge in [-0.15, -0.1) is 0 Å². The first-order valence-electron chi connectivity index (χ1n) is 7.04. The Labute approximate surface area is 110 Å². The summed E-state index contributed by atoms with van der Waals surface area (Å²) in [5, 5.41) is 7.90. The minimum absolute atomic E-state index is 0.384. The quantitative estimate of drug-likeness (QED) is 0.879. The van der Waals surface area contributed by atoms with Crippen LogP contribution in [0, 0.1) is 0 Å². The summed E-state index contributed by atoms with van der Waals surface area (Å²) < 4.78 is 2.03. The van der Waals surface area contributed by atoms with Crippen molar-refractivity contribution in [3.63, 3.8) is 0 Å². The maximum absolute atomic E-state index is 4.40. The van der Waals surface area contributed by atoms with Crippen LogP contribution in [0.5, 0.6) is 0 Å². The molecule has 2 rings (SSSR count). The minimum atomic E-state index is 0.384. The van der Waals surface area contributed by atoms with Crippen LogP contribution in [0.1, 0.15) is 45.5 Å². The number of rotatable bonds is 4. The van der Waals surface area contributed by atoms with Crippen molar-refractivity contribution < 1.29 is 0 Å². The fourth-order valence-electron chi connectivity index (χ4n) is 2.51. The number of aromatic nitrogens is 3. The summed E-state index contributed by atoms with van der Waals surface area (Å²) >= 11 is 0. The Morgan fingerprint density at radius 1 is 1.50 bits per heavy atom. The molecule has 0 aliphatic carbocycles. The molecule has 1 aliphatic rings. The van der Waals surface area contributed by atoms with Gasteiger partial charge in [0, 0.05) is 18.6 Å². The lowest BCUT2D eigenvalue weighted by Gasteiger charge is -2.23. The highest BCUT2D eigenvalue weighted by Crippen LogP contribution is 2.11. The van der Waals surface area contributed by atoms with Crippen molar-refractivity contribution in [2.24, 2.45) is 0 Å². The number of nitrogens with zero attached hydrogens (tertiary/aromatic N) is 4. The van der Waals surface area contributed by atoms with E-state index in [2.05, 4.69) is 41.1 Å². The zero-order chi connectivity index (χ0) is 13.0. The van der Waals surface area contributed by atoms with E-state index in [1.54, 1.807) is 6.33 Å². The summed E-state index contributed by atoms with van der Waals surface area (Å²) in [6.07, 6.45) is 4.07. The maximum Gasteiger partial charge on any atom is 0.141 e. The average Bonchev–Trinajstić information content (AvgIpc) is 2.68. The highest BCUT2D eigenvalue weighted by atomic mass is 15.4. The predicted octanol–water partition coefficient (Wildman–Crippen LogP) is 1.43. The van der Waals surface area contributed by atoms with Gasteiger partial charge in [-0.1, -0.05) is 6.92 Å². The fraction of sp³-hybridized carbons (Fsp3) is 0.846. The second-order valence-electron chi connectivity index (χ2n) is 5.36. The molecule has 0 spiro atoms. The van der Waals surface area contributed by atoms with Crippen LogP contribution in [0.2, 0.25) is 0 Å². The first kappa shape index (κ1) is 13.5. The number of hydrogen-bond acceptors (Lipinski definition) is 4. The van der Waals surface area contributed by atoms with Gasteiger partial charge in [0.25, 0.3) is 0 Å². The molecule has 18 heavy (non-hydrogen) atoms. The maximum atomic E-state index is 4.40. The zero-order valence-corrected chi connectivity index (χ0v) is 11.8. The zero-order valence-electron chi connectivity index (χ0n) is 11.8. The Balaban J connectivity index is 2.00. The summed E-state index contributed by atoms with van der Waals surface area (Å²) in [5.41, 5.74) is 0. The van der Waals surface area contributed by atoms with Gasteiger partial charge in [0.2, 0.25) is 0 Å². The summed E-state index contributed by atoms with van der Waals surface area (Å²) in [6.45, 7) is 10.9. The van der Waals surface area contributed by atoms with Crippen LogP contribution in [0.3, 0.4) is 0 Å². The van der Waals surface area contributed by atoms with Crippen LogP contribution in [0.4, 0.5) is 0 Å². The van der Waals surface area contributed by atoms with Crippen molar-refractivity contribution in [1.82, 2.24) is 25.0 Å². The molecule has 1 atom stereocenters. The van der Waals surface area contributed by atoms with Crippen LogP contribution >= 0.6 is 0 Å². The topological polar surface area (TPSA) is 46.0 Å². The van der Waals surface area contributed by atoms with E-state index >= 15 is 0 Å². The fourth-order valence-corrected chi connectivity index (χ4v) is 2.51. The molecule has 1 saturated heterocycles. The van der Waals surface area contributed by atoms with Gasteiger partial charge in [-0.05, 0) is 39.8 Å². The molecule has 0 amide bonds. The van der Waals surface area contributed by atoms with Gasteiger partial charge in [-0.25, -0.2) is 9.67 Å². The van der Waals surface area contributed by atoms with Crippen molar-refractivity contribution in [1.29, 1.82) is 0 Å². The predicted molar refractivity (Wildman–Crippen MR) is 72.4 cm³/mol. The molecule has 0 aromatic carbocycles. The largest absolute Gasteiger partial charge is 0.313 e. The Hall–Kier alpha value is -0.940. The van der Waals surface area contributed by atoms with Crippen molar-refractivity contribution >= 4 is 0 Å². The summed E-state index contributed by atoms with van der Waals surface area (Å²) in [5.74, 6) is 1.08. The second-order valence-corrected chi connectivity index (χ2v) is 5.36. The molecule has 1 unspecified atom stereocenters. The monoisotopic (exact) mass is 251 g/mol. The molecule has 0 saturated carbocycles. The Morgan fingerprint density at radius 2 is 2.33 bits per heavy atom. The van der Waals surface area contributed by atoms with Gasteiger partial charge in [0.05, 0.1) is 6.54 Å². The van der Waals surface area contributed by atoms with E-state index in [1.165, 1.54) is 12.8 Å². The molecule has 1 aromatic heterocycles. The molecule has 5 nitrogen and oxygen atoms in total. The molecule has 0 radical (unpaired) electrons. The molecule has 5 heteroatoms. The van der Waals surface area contributed by atoms with Gasteiger partial charge in [0.15, 0.2) is 0 Å². The Morgan fingerprint density at radius 3 is 3.06 bits per heavy atom. The van der Waals surface area contributed by atoms with E-state index in [4.69, 9.17) is 0 Å².